The van der Waals surface area contributed by atoms with Crippen molar-refractivity contribution < 1.29 is 14.3 Å². The molecule has 2 saturated carbocycles. The Bertz CT molecular complexity index is 410. The molecule has 0 amide bonds. The van der Waals surface area contributed by atoms with Crippen molar-refractivity contribution >= 4 is 23.5 Å². The maximum absolute atomic E-state index is 12.8. The number of rotatable bonds is 12. The van der Waals surface area contributed by atoms with E-state index in [0.717, 1.165) is 18.8 Å². The van der Waals surface area contributed by atoms with Crippen molar-refractivity contribution in [1.29, 1.82) is 0 Å². The fourth-order valence-electron chi connectivity index (χ4n) is 4.51. The number of ketones is 1. The van der Waals surface area contributed by atoms with E-state index in [2.05, 4.69) is 23.4 Å². The third-order valence-corrected chi connectivity index (χ3v) is 7.39. The molecule has 0 heterocycles. The Morgan fingerprint density at radius 2 is 1.75 bits per heavy atom. The van der Waals surface area contributed by atoms with Crippen molar-refractivity contribution in [3.05, 3.63) is 0 Å². The highest BCUT2D eigenvalue weighted by Crippen LogP contribution is 2.54. The van der Waals surface area contributed by atoms with Crippen LogP contribution in [0.25, 0.3) is 0 Å². The lowest BCUT2D eigenvalue weighted by atomic mass is 9.83. The number of Topliss-reactive ketones (excluding diaryl/α,β-unsaturated/α-hetero) is 1. The Morgan fingerprint density at radius 1 is 1.00 bits per heavy atom. The summed E-state index contributed by atoms with van der Waals surface area (Å²) in [7, 11) is 1.42. The summed E-state index contributed by atoms with van der Waals surface area (Å²) < 4.78 is 4.66. The van der Waals surface area contributed by atoms with Crippen molar-refractivity contribution in [3.63, 3.8) is 0 Å². The molecule has 138 valence electrons. The molecule has 0 N–H and O–H groups in total. The minimum absolute atomic E-state index is 0.164. The average molecular weight is 355 g/mol. The predicted octanol–water partition coefficient (Wildman–Crippen LogP) is 5.02. The summed E-state index contributed by atoms with van der Waals surface area (Å²) in [5.41, 5.74) is 0. The number of esters is 1. The van der Waals surface area contributed by atoms with E-state index in [0.29, 0.717) is 35.7 Å². The van der Waals surface area contributed by atoms with Crippen LogP contribution in [0.5, 0.6) is 0 Å². The Morgan fingerprint density at radius 3 is 2.50 bits per heavy atom. The van der Waals surface area contributed by atoms with E-state index in [4.69, 9.17) is 0 Å². The summed E-state index contributed by atoms with van der Waals surface area (Å²) in [6.07, 6.45) is 11.8. The van der Waals surface area contributed by atoms with Crippen molar-refractivity contribution in [1.82, 2.24) is 0 Å². The Hall–Kier alpha value is -0.510. The number of methoxy groups -OCH3 is 1. The van der Waals surface area contributed by atoms with Crippen LogP contribution < -0.4 is 0 Å². The average Bonchev–Trinajstić information content (AvgIpc) is 3.19. The van der Waals surface area contributed by atoms with Gasteiger partial charge in [-0.25, -0.2) is 0 Å². The normalized spacial score (nSPS) is 28.2. The minimum atomic E-state index is -0.164. The second-order valence-corrected chi connectivity index (χ2v) is 8.79. The molecule has 2 aliphatic rings. The molecule has 4 atom stereocenters. The number of hydrogen-bond acceptors (Lipinski definition) is 4. The highest BCUT2D eigenvalue weighted by atomic mass is 32.2. The van der Waals surface area contributed by atoms with E-state index in [9.17, 15) is 9.59 Å². The first kappa shape index (κ1) is 19.8. The summed E-state index contributed by atoms with van der Waals surface area (Å²) in [5.74, 6) is 3.27. The van der Waals surface area contributed by atoms with Gasteiger partial charge in [0.2, 0.25) is 0 Å². The number of thioether (sulfide) groups is 1. The molecule has 0 aliphatic heterocycles. The minimum Gasteiger partial charge on any atom is -0.469 e. The summed E-state index contributed by atoms with van der Waals surface area (Å²) in [6.45, 7) is 2.25. The van der Waals surface area contributed by atoms with E-state index >= 15 is 0 Å². The SMILES string of the molecule is CCCCCCSC1C2CCC(C2)C1C(=O)CCCCC(=O)OC. The number of unbranched alkanes of at least 4 members (excludes halogenated alkanes) is 4. The number of carbonyl (C=O) groups is 2. The Kier molecular flexibility index (Phi) is 8.65. The van der Waals surface area contributed by atoms with E-state index in [1.165, 1.54) is 57.8 Å². The van der Waals surface area contributed by atoms with Crippen molar-refractivity contribution in [2.45, 2.75) is 82.8 Å². The number of fused-ring (bicyclic) bond motifs is 2. The van der Waals surface area contributed by atoms with Crippen LogP contribution in [0.2, 0.25) is 0 Å². The first-order valence-electron chi connectivity index (χ1n) is 9.88. The van der Waals surface area contributed by atoms with Gasteiger partial charge in [-0.1, -0.05) is 26.2 Å². The molecular weight excluding hydrogens is 320 g/mol. The van der Waals surface area contributed by atoms with Crippen molar-refractivity contribution in [2.24, 2.45) is 17.8 Å². The van der Waals surface area contributed by atoms with Gasteiger partial charge in [-0.05, 0) is 56.1 Å². The molecule has 0 aromatic heterocycles. The van der Waals surface area contributed by atoms with Crippen molar-refractivity contribution in [3.8, 4) is 0 Å². The highest BCUT2D eigenvalue weighted by Gasteiger charge is 2.50. The van der Waals surface area contributed by atoms with Gasteiger partial charge in [-0.2, -0.15) is 11.8 Å². The monoisotopic (exact) mass is 354 g/mol. The van der Waals surface area contributed by atoms with Gasteiger partial charge in [0.1, 0.15) is 5.78 Å². The van der Waals surface area contributed by atoms with Crippen LogP contribution in [0.3, 0.4) is 0 Å². The largest absolute Gasteiger partial charge is 0.469 e. The van der Waals surface area contributed by atoms with Gasteiger partial charge in [0, 0.05) is 24.0 Å². The van der Waals surface area contributed by atoms with E-state index in [1.807, 2.05) is 0 Å². The molecule has 2 bridgehead atoms. The third-order valence-electron chi connectivity index (χ3n) is 5.80. The number of ether oxygens (including phenoxy) is 1. The van der Waals surface area contributed by atoms with Gasteiger partial charge in [0.25, 0.3) is 0 Å². The van der Waals surface area contributed by atoms with Crippen molar-refractivity contribution in [2.75, 3.05) is 12.9 Å². The summed E-state index contributed by atoms with van der Waals surface area (Å²) in [5, 5.41) is 0.582. The van der Waals surface area contributed by atoms with Crippen LogP contribution in [0.4, 0.5) is 0 Å². The quantitative estimate of drug-likeness (QED) is 0.365. The first-order valence-corrected chi connectivity index (χ1v) is 10.9. The smallest absolute Gasteiger partial charge is 0.305 e. The number of hydrogen-bond donors (Lipinski definition) is 0. The zero-order chi connectivity index (χ0) is 17.4. The van der Waals surface area contributed by atoms with Gasteiger partial charge in [0.05, 0.1) is 7.11 Å². The molecule has 0 aromatic carbocycles. The first-order chi connectivity index (χ1) is 11.7. The van der Waals surface area contributed by atoms with Gasteiger partial charge in [-0.15, -0.1) is 0 Å². The predicted molar refractivity (Wildman–Crippen MR) is 100 cm³/mol. The highest BCUT2D eigenvalue weighted by molar-refractivity contribution is 7.99. The summed E-state index contributed by atoms with van der Waals surface area (Å²) >= 11 is 2.09. The fourth-order valence-corrected chi connectivity index (χ4v) is 6.25. The maximum Gasteiger partial charge on any atom is 0.305 e. The zero-order valence-corrected chi connectivity index (χ0v) is 16.2. The van der Waals surface area contributed by atoms with Crippen LogP contribution in [-0.2, 0) is 14.3 Å². The van der Waals surface area contributed by atoms with E-state index in [-0.39, 0.29) is 5.97 Å². The van der Waals surface area contributed by atoms with Crippen LogP contribution in [-0.4, -0.2) is 29.9 Å². The molecular formula is C20H34O3S. The molecule has 0 aromatic rings. The lowest BCUT2D eigenvalue weighted by molar-refractivity contribution is -0.140. The lowest BCUT2D eigenvalue weighted by Crippen LogP contribution is -2.32. The zero-order valence-electron chi connectivity index (χ0n) is 15.4. The maximum atomic E-state index is 12.8. The second-order valence-electron chi connectivity index (χ2n) is 7.50. The Labute approximate surface area is 151 Å². The number of carbonyl (C=O) groups excluding carboxylic acids is 2. The van der Waals surface area contributed by atoms with Crippen LogP contribution in [0, 0.1) is 17.8 Å². The molecule has 4 unspecified atom stereocenters. The van der Waals surface area contributed by atoms with Gasteiger partial charge < -0.3 is 4.74 Å². The molecule has 2 fully saturated rings. The molecule has 3 nitrogen and oxygen atoms in total. The van der Waals surface area contributed by atoms with E-state index in [1.54, 1.807) is 0 Å². The van der Waals surface area contributed by atoms with Crippen LogP contribution in [0.15, 0.2) is 0 Å². The van der Waals surface area contributed by atoms with Gasteiger partial charge in [-0.3, -0.25) is 9.59 Å². The molecule has 24 heavy (non-hydrogen) atoms. The van der Waals surface area contributed by atoms with Crippen LogP contribution in [0.1, 0.15) is 77.6 Å². The topological polar surface area (TPSA) is 43.4 Å². The third kappa shape index (κ3) is 5.50. The van der Waals surface area contributed by atoms with Crippen LogP contribution >= 0.6 is 11.8 Å². The summed E-state index contributed by atoms with van der Waals surface area (Å²) in [6, 6.07) is 0. The summed E-state index contributed by atoms with van der Waals surface area (Å²) in [4.78, 5) is 23.9. The lowest BCUT2D eigenvalue weighted by Gasteiger charge is -2.29. The standard InChI is InChI=1S/C20H34O3S/c1-3-4-5-8-13-24-20-16-12-11-15(14-16)19(20)17(21)9-6-7-10-18(22)23-2/h15-16,19-20H,3-14H2,1-2H3. The van der Waals surface area contributed by atoms with Gasteiger partial charge in [0.15, 0.2) is 0 Å². The molecule has 2 aliphatic carbocycles. The van der Waals surface area contributed by atoms with Gasteiger partial charge >= 0.3 is 5.97 Å². The fraction of sp³-hybridized carbons (Fsp3) is 0.900. The molecule has 0 saturated heterocycles. The molecule has 4 heteroatoms. The second kappa shape index (κ2) is 10.5. The van der Waals surface area contributed by atoms with E-state index < -0.39 is 0 Å². The molecule has 0 radical (unpaired) electrons. The Balaban J connectivity index is 1.73. The molecule has 2 rings (SSSR count). The molecule has 0 spiro atoms.